The highest BCUT2D eigenvalue weighted by Gasteiger charge is 2.28. The van der Waals surface area contributed by atoms with E-state index in [9.17, 15) is 22.4 Å². The molecule has 1 unspecified atom stereocenters. The molecule has 0 aliphatic heterocycles. The molecule has 106 valence electrons. The Morgan fingerprint density at radius 3 is 2.74 bits per heavy atom. The summed E-state index contributed by atoms with van der Waals surface area (Å²) in [6.07, 6.45) is -3.74. The molecule has 1 aromatic rings. The summed E-state index contributed by atoms with van der Waals surface area (Å²) in [6, 6.07) is -1.12. The van der Waals surface area contributed by atoms with Crippen LogP contribution in [0.3, 0.4) is 0 Å². The van der Waals surface area contributed by atoms with Crippen LogP contribution in [0.5, 0.6) is 0 Å². The van der Waals surface area contributed by atoms with Gasteiger partial charge in [0.2, 0.25) is 11.2 Å². The fourth-order valence-corrected chi connectivity index (χ4v) is 1.19. The lowest BCUT2D eigenvalue weighted by Crippen LogP contribution is -2.42. The first-order valence-electron chi connectivity index (χ1n) is 4.98. The third-order valence-electron chi connectivity index (χ3n) is 1.92. The van der Waals surface area contributed by atoms with Gasteiger partial charge in [0.15, 0.2) is 11.6 Å². The molecule has 1 atom stereocenters. The van der Waals surface area contributed by atoms with Gasteiger partial charge in [-0.15, -0.1) is 0 Å². The van der Waals surface area contributed by atoms with Crippen LogP contribution < -0.4 is 10.6 Å². The van der Waals surface area contributed by atoms with Crippen molar-refractivity contribution in [1.29, 1.82) is 0 Å². The molecule has 0 fully saturated rings. The summed E-state index contributed by atoms with van der Waals surface area (Å²) < 4.78 is 48.9. The van der Waals surface area contributed by atoms with Crippen LogP contribution in [0.2, 0.25) is 5.28 Å². The minimum atomic E-state index is -4.52. The van der Waals surface area contributed by atoms with E-state index < -0.39 is 30.5 Å². The second-order valence-corrected chi connectivity index (χ2v) is 3.87. The highest BCUT2D eigenvalue weighted by atomic mass is 35.5. The van der Waals surface area contributed by atoms with Gasteiger partial charge in [-0.2, -0.15) is 18.2 Å². The SMILES string of the molecule is CC(Nc1nc(Cl)ncc1F)C(=O)NCC(F)(F)F. The van der Waals surface area contributed by atoms with E-state index in [1.165, 1.54) is 6.92 Å². The molecule has 10 heteroatoms. The Labute approximate surface area is 110 Å². The van der Waals surface area contributed by atoms with Gasteiger partial charge in [0.1, 0.15) is 12.6 Å². The maximum Gasteiger partial charge on any atom is 0.405 e. The first kappa shape index (κ1) is 15.4. The maximum atomic E-state index is 13.2. The van der Waals surface area contributed by atoms with E-state index in [-0.39, 0.29) is 11.1 Å². The average molecular weight is 301 g/mol. The fourth-order valence-electron chi connectivity index (χ4n) is 1.06. The maximum absolute atomic E-state index is 13.2. The third kappa shape index (κ3) is 5.25. The topological polar surface area (TPSA) is 66.9 Å². The van der Waals surface area contributed by atoms with Crippen LogP contribution in [-0.4, -0.2) is 34.6 Å². The molecule has 0 radical (unpaired) electrons. The van der Waals surface area contributed by atoms with E-state index in [1.54, 1.807) is 5.32 Å². The number of nitrogens with zero attached hydrogens (tertiary/aromatic N) is 2. The average Bonchev–Trinajstić information content (AvgIpc) is 2.29. The van der Waals surface area contributed by atoms with Crippen molar-refractivity contribution in [3.8, 4) is 0 Å². The minimum absolute atomic E-state index is 0.258. The molecule has 0 saturated heterocycles. The standard InChI is InChI=1S/C9H9ClF4N4O/c1-4(7(19)16-3-9(12,13)14)17-6-5(11)2-15-8(10)18-6/h2,4H,3H2,1H3,(H,16,19)(H,15,17,18). The molecule has 2 N–H and O–H groups in total. The highest BCUT2D eigenvalue weighted by molar-refractivity contribution is 6.28. The number of aromatic nitrogens is 2. The van der Waals surface area contributed by atoms with Crippen LogP contribution in [0.1, 0.15) is 6.92 Å². The largest absolute Gasteiger partial charge is 0.405 e. The van der Waals surface area contributed by atoms with Gasteiger partial charge in [-0.1, -0.05) is 0 Å². The van der Waals surface area contributed by atoms with Crippen LogP contribution in [0.15, 0.2) is 6.20 Å². The van der Waals surface area contributed by atoms with Crippen molar-refractivity contribution in [2.45, 2.75) is 19.1 Å². The van der Waals surface area contributed by atoms with E-state index in [0.717, 1.165) is 6.20 Å². The predicted molar refractivity (Wildman–Crippen MR) is 59.1 cm³/mol. The molecule has 19 heavy (non-hydrogen) atoms. The molecule has 0 saturated carbocycles. The first-order valence-corrected chi connectivity index (χ1v) is 5.36. The van der Waals surface area contributed by atoms with Gasteiger partial charge in [-0.05, 0) is 18.5 Å². The summed E-state index contributed by atoms with van der Waals surface area (Å²) in [7, 11) is 0. The zero-order valence-electron chi connectivity index (χ0n) is 9.55. The van der Waals surface area contributed by atoms with Crippen LogP contribution in [0.25, 0.3) is 0 Å². The number of amides is 1. The normalized spacial score (nSPS) is 12.9. The molecule has 1 rings (SSSR count). The molecule has 1 aromatic heterocycles. The van der Waals surface area contributed by atoms with Crippen molar-refractivity contribution in [3.63, 3.8) is 0 Å². The van der Waals surface area contributed by atoms with Gasteiger partial charge < -0.3 is 10.6 Å². The van der Waals surface area contributed by atoms with Crippen molar-refractivity contribution in [2.75, 3.05) is 11.9 Å². The van der Waals surface area contributed by atoms with Gasteiger partial charge in [-0.25, -0.2) is 9.37 Å². The third-order valence-corrected chi connectivity index (χ3v) is 2.11. The summed E-state index contributed by atoms with van der Waals surface area (Å²) in [5, 5.41) is 3.69. The van der Waals surface area contributed by atoms with Gasteiger partial charge >= 0.3 is 6.18 Å². The summed E-state index contributed by atoms with van der Waals surface area (Å²) in [5.74, 6) is -2.19. The van der Waals surface area contributed by atoms with Crippen LogP contribution in [0.4, 0.5) is 23.4 Å². The Balaban J connectivity index is 2.61. The molecule has 0 aliphatic rings. The van der Waals surface area contributed by atoms with E-state index in [4.69, 9.17) is 11.6 Å². The Kier molecular flexibility index (Phi) is 4.87. The van der Waals surface area contributed by atoms with Crippen molar-refractivity contribution in [1.82, 2.24) is 15.3 Å². The van der Waals surface area contributed by atoms with Gasteiger partial charge in [0, 0.05) is 0 Å². The van der Waals surface area contributed by atoms with E-state index in [1.807, 2.05) is 0 Å². The first-order chi connectivity index (χ1) is 8.69. The molecular weight excluding hydrogens is 292 g/mol. The van der Waals surface area contributed by atoms with Crippen molar-refractivity contribution in [2.24, 2.45) is 0 Å². The van der Waals surface area contributed by atoms with Crippen LogP contribution in [0, 0.1) is 5.82 Å². The quantitative estimate of drug-likeness (QED) is 0.657. The number of carbonyl (C=O) groups is 1. The van der Waals surface area contributed by atoms with Gasteiger partial charge in [-0.3, -0.25) is 4.79 Å². The summed E-state index contributed by atoms with van der Waals surface area (Å²) >= 11 is 5.42. The lowest BCUT2D eigenvalue weighted by molar-refractivity contribution is -0.138. The van der Waals surface area contributed by atoms with Crippen molar-refractivity contribution >= 4 is 23.3 Å². The second-order valence-electron chi connectivity index (χ2n) is 3.53. The van der Waals surface area contributed by atoms with Crippen molar-refractivity contribution in [3.05, 3.63) is 17.3 Å². The monoisotopic (exact) mass is 300 g/mol. The molecule has 0 aromatic carbocycles. The number of anilines is 1. The number of carbonyl (C=O) groups excluding carboxylic acids is 1. The number of hydrogen-bond donors (Lipinski definition) is 2. The highest BCUT2D eigenvalue weighted by Crippen LogP contribution is 2.14. The predicted octanol–water partition coefficient (Wildman–Crippen LogP) is 1.75. The Morgan fingerprint density at radius 2 is 2.16 bits per heavy atom. The zero-order valence-corrected chi connectivity index (χ0v) is 10.3. The number of halogens is 5. The van der Waals surface area contributed by atoms with E-state index in [0.29, 0.717) is 0 Å². The zero-order chi connectivity index (χ0) is 14.6. The summed E-state index contributed by atoms with van der Waals surface area (Å²) in [5.41, 5.74) is 0. The van der Waals surface area contributed by atoms with Crippen molar-refractivity contribution < 1.29 is 22.4 Å². The van der Waals surface area contributed by atoms with Crippen LogP contribution in [-0.2, 0) is 4.79 Å². The number of alkyl halides is 3. The van der Waals surface area contributed by atoms with Gasteiger partial charge in [0.05, 0.1) is 6.20 Å². The molecular formula is C9H9ClF4N4O. The van der Waals surface area contributed by atoms with E-state index >= 15 is 0 Å². The fraction of sp³-hybridized carbons (Fsp3) is 0.444. The Bertz CT molecular complexity index is 468. The molecule has 0 bridgehead atoms. The second kappa shape index (κ2) is 6.00. The Hall–Kier alpha value is -1.64. The lowest BCUT2D eigenvalue weighted by Gasteiger charge is -2.15. The lowest BCUT2D eigenvalue weighted by atomic mass is 10.3. The molecule has 1 heterocycles. The molecule has 1 amide bonds. The number of nitrogens with one attached hydrogen (secondary N) is 2. The number of rotatable bonds is 4. The summed E-state index contributed by atoms with van der Waals surface area (Å²) in [6.45, 7) is -0.216. The minimum Gasteiger partial charge on any atom is -0.356 e. The molecule has 0 spiro atoms. The van der Waals surface area contributed by atoms with Gasteiger partial charge in [0.25, 0.3) is 0 Å². The molecule has 5 nitrogen and oxygen atoms in total. The number of hydrogen-bond acceptors (Lipinski definition) is 4. The molecule has 0 aliphatic carbocycles. The Morgan fingerprint density at radius 1 is 1.53 bits per heavy atom. The van der Waals surface area contributed by atoms with E-state index in [2.05, 4.69) is 15.3 Å². The summed E-state index contributed by atoms with van der Waals surface area (Å²) in [4.78, 5) is 18.1. The van der Waals surface area contributed by atoms with Crippen LogP contribution >= 0.6 is 11.6 Å². The smallest absolute Gasteiger partial charge is 0.356 e.